The van der Waals surface area contributed by atoms with E-state index in [-0.39, 0.29) is 0 Å². The highest BCUT2D eigenvalue weighted by Crippen LogP contribution is 2.12. The molecule has 0 fully saturated rings. The molecule has 0 aromatic rings. The Morgan fingerprint density at radius 1 is 1.22 bits per heavy atom. The van der Waals surface area contributed by atoms with Gasteiger partial charge in [0.15, 0.2) is 0 Å². The lowest BCUT2D eigenvalue weighted by atomic mass is 9.98. The van der Waals surface area contributed by atoms with Crippen LogP contribution in [0.25, 0.3) is 0 Å². The van der Waals surface area contributed by atoms with Crippen LogP contribution in [-0.4, -0.2) is 29.6 Å². The van der Waals surface area contributed by atoms with Gasteiger partial charge in [-0.2, -0.15) is 5.26 Å². The van der Waals surface area contributed by atoms with Gasteiger partial charge in [-0.15, -0.1) is 0 Å². The van der Waals surface area contributed by atoms with E-state index in [1.807, 2.05) is 6.92 Å². The number of hydrogen-bond donors (Lipinski definition) is 1. The molecule has 2 N–H and O–H groups in total. The first-order chi connectivity index (χ1) is 8.46. The van der Waals surface area contributed by atoms with E-state index in [1.54, 1.807) is 0 Å². The standard InChI is InChI=1S/C15H31N3/c1-5-7-11-18(14(3)6-2)12-9-8-10-15(4,17)13-16/h14H,5-12,17H2,1-4H3. The summed E-state index contributed by atoms with van der Waals surface area (Å²) < 4.78 is 0. The number of rotatable bonds is 10. The molecule has 0 aliphatic carbocycles. The lowest BCUT2D eigenvalue weighted by Crippen LogP contribution is -2.36. The molecule has 2 unspecified atom stereocenters. The summed E-state index contributed by atoms with van der Waals surface area (Å²) in [5.41, 5.74) is 5.18. The second kappa shape index (κ2) is 9.35. The molecule has 0 aromatic carbocycles. The third kappa shape index (κ3) is 7.68. The Morgan fingerprint density at radius 2 is 1.83 bits per heavy atom. The van der Waals surface area contributed by atoms with Crippen molar-refractivity contribution in [3.05, 3.63) is 0 Å². The summed E-state index contributed by atoms with van der Waals surface area (Å²) in [6.07, 6.45) is 6.71. The summed E-state index contributed by atoms with van der Waals surface area (Å²) in [7, 11) is 0. The average molecular weight is 253 g/mol. The zero-order valence-corrected chi connectivity index (χ0v) is 12.7. The Bertz CT molecular complexity index is 243. The van der Waals surface area contributed by atoms with Gasteiger partial charge in [0, 0.05) is 6.04 Å². The van der Waals surface area contributed by atoms with E-state index in [2.05, 4.69) is 31.7 Å². The normalized spacial score (nSPS) is 16.3. The Hall–Kier alpha value is -0.590. The largest absolute Gasteiger partial charge is 0.314 e. The number of nitrogens with zero attached hydrogens (tertiary/aromatic N) is 2. The third-order valence-electron chi connectivity index (χ3n) is 3.66. The van der Waals surface area contributed by atoms with E-state index in [0.29, 0.717) is 6.04 Å². The smallest absolute Gasteiger partial charge is 0.101 e. The van der Waals surface area contributed by atoms with Crippen molar-refractivity contribution in [1.29, 1.82) is 5.26 Å². The van der Waals surface area contributed by atoms with Crippen LogP contribution in [0.1, 0.15) is 66.2 Å². The van der Waals surface area contributed by atoms with Gasteiger partial charge in [-0.1, -0.05) is 20.3 Å². The molecule has 0 aromatic heterocycles. The molecule has 2 atom stereocenters. The van der Waals surface area contributed by atoms with Gasteiger partial charge < -0.3 is 10.6 Å². The molecule has 0 aliphatic heterocycles. The van der Waals surface area contributed by atoms with E-state index in [4.69, 9.17) is 11.0 Å². The van der Waals surface area contributed by atoms with Crippen LogP contribution in [0.2, 0.25) is 0 Å². The lowest BCUT2D eigenvalue weighted by Gasteiger charge is -2.28. The minimum atomic E-state index is -0.648. The van der Waals surface area contributed by atoms with E-state index in [9.17, 15) is 0 Å². The van der Waals surface area contributed by atoms with Crippen LogP contribution in [0, 0.1) is 11.3 Å². The van der Waals surface area contributed by atoms with Crippen LogP contribution in [-0.2, 0) is 0 Å². The third-order valence-corrected chi connectivity index (χ3v) is 3.66. The molecule has 0 spiro atoms. The molecule has 0 radical (unpaired) electrons. The van der Waals surface area contributed by atoms with Crippen molar-refractivity contribution in [2.45, 2.75) is 77.8 Å². The van der Waals surface area contributed by atoms with Crippen LogP contribution in [0.4, 0.5) is 0 Å². The fourth-order valence-electron chi connectivity index (χ4n) is 2.04. The number of unbranched alkanes of at least 4 members (excludes halogenated alkanes) is 2. The quantitative estimate of drug-likeness (QED) is 0.608. The second-order valence-electron chi connectivity index (χ2n) is 5.63. The Balaban J connectivity index is 3.93. The van der Waals surface area contributed by atoms with Crippen LogP contribution < -0.4 is 5.73 Å². The molecule has 0 rings (SSSR count). The molecule has 0 bridgehead atoms. The van der Waals surface area contributed by atoms with Crippen molar-refractivity contribution in [2.75, 3.05) is 13.1 Å². The maximum Gasteiger partial charge on any atom is 0.101 e. The van der Waals surface area contributed by atoms with Crippen molar-refractivity contribution >= 4 is 0 Å². The van der Waals surface area contributed by atoms with E-state index in [0.717, 1.165) is 25.8 Å². The first-order valence-corrected chi connectivity index (χ1v) is 7.41. The van der Waals surface area contributed by atoms with Crippen molar-refractivity contribution in [2.24, 2.45) is 5.73 Å². The van der Waals surface area contributed by atoms with Gasteiger partial charge >= 0.3 is 0 Å². The molecule has 0 heterocycles. The number of nitrogens with two attached hydrogens (primary N) is 1. The second-order valence-corrected chi connectivity index (χ2v) is 5.63. The molecule has 18 heavy (non-hydrogen) atoms. The van der Waals surface area contributed by atoms with Crippen molar-refractivity contribution in [1.82, 2.24) is 4.90 Å². The molecule has 3 nitrogen and oxygen atoms in total. The Labute approximate surface area is 113 Å². The highest BCUT2D eigenvalue weighted by molar-refractivity contribution is 5.00. The van der Waals surface area contributed by atoms with Gasteiger partial charge in [0.2, 0.25) is 0 Å². The summed E-state index contributed by atoms with van der Waals surface area (Å²) >= 11 is 0. The Kier molecular flexibility index (Phi) is 9.05. The highest BCUT2D eigenvalue weighted by atomic mass is 15.1. The van der Waals surface area contributed by atoms with Crippen molar-refractivity contribution < 1.29 is 0 Å². The van der Waals surface area contributed by atoms with Gasteiger partial charge in [-0.05, 0) is 59.0 Å². The molecule has 0 saturated heterocycles. The monoisotopic (exact) mass is 253 g/mol. The lowest BCUT2D eigenvalue weighted by molar-refractivity contribution is 0.195. The minimum Gasteiger partial charge on any atom is -0.314 e. The molecule has 3 heteroatoms. The zero-order chi connectivity index (χ0) is 14.0. The minimum absolute atomic E-state index is 0.648. The van der Waals surface area contributed by atoms with Crippen molar-refractivity contribution in [3.8, 4) is 6.07 Å². The van der Waals surface area contributed by atoms with Gasteiger partial charge in [0.05, 0.1) is 6.07 Å². The molecule has 0 aliphatic rings. The van der Waals surface area contributed by atoms with Crippen LogP contribution in [0.3, 0.4) is 0 Å². The van der Waals surface area contributed by atoms with E-state index < -0.39 is 5.54 Å². The predicted molar refractivity (Wildman–Crippen MR) is 78.3 cm³/mol. The SMILES string of the molecule is CCCCN(CCCCC(C)(N)C#N)C(C)CC. The first kappa shape index (κ1) is 17.4. The molecule has 0 saturated carbocycles. The topological polar surface area (TPSA) is 53.0 Å². The number of hydrogen-bond acceptors (Lipinski definition) is 3. The summed E-state index contributed by atoms with van der Waals surface area (Å²) in [5, 5.41) is 8.86. The summed E-state index contributed by atoms with van der Waals surface area (Å²) in [5.74, 6) is 0. The maximum absolute atomic E-state index is 8.86. The van der Waals surface area contributed by atoms with Gasteiger partial charge in [-0.25, -0.2) is 0 Å². The van der Waals surface area contributed by atoms with Crippen LogP contribution in [0.5, 0.6) is 0 Å². The molecule has 106 valence electrons. The summed E-state index contributed by atoms with van der Waals surface area (Å²) in [4.78, 5) is 2.57. The summed E-state index contributed by atoms with van der Waals surface area (Å²) in [6.45, 7) is 10.9. The first-order valence-electron chi connectivity index (χ1n) is 7.41. The van der Waals surface area contributed by atoms with E-state index >= 15 is 0 Å². The highest BCUT2D eigenvalue weighted by Gasteiger charge is 2.17. The molecular formula is C15H31N3. The van der Waals surface area contributed by atoms with Crippen molar-refractivity contribution in [3.63, 3.8) is 0 Å². The van der Waals surface area contributed by atoms with Gasteiger partial charge in [0.25, 0.3) is 0 Å². The molecule has 0 amide bonds. The van der Waals surface area contributed by atoms with Gasteiger partial charge in [-0.3, -0.25) is 0 Å². The predicted octanol–water partition coefficient (Wildman–Crippen LogP) is 3.30. The zero-order valence-electron chi connectivity index (χ0n) is 12.7. The van der Waals surface area contributed by atoms with E-state index in [1.165, 1.54) is 25.8 Å². The fourth-order valence-corrected chi connectivity index (χ4v) is 2.04. The maximum atomic E-state index is 8.86. The fraction of sp³-hybridized carbons (Fsp3) is 0.933. The number of nitriles is 1. The molecular weight excluding hydrogens is 222 g/mol. The van der Waals surface area contributed by atoms with Crippen LogP contribution >= 0.6 is 0 Å². The summed E-state index contributed by atoms with van der Waals surface area (Å²) in [6, 6.07) is 2.83. The van der Waals surface area contributed by atoms with Crippen LogP contribution in [0.15, 0.2) is 0 Å². The average Bonchev–Trinajstić information content (AvgIpc) is 2.37. The van der Waals surface area contributed by atoms with Gasteiger partial charge in [0.1, 0.15) is 5.54 Å². The Morgan fingerprint density at radius 3 is 2.33 bits per heavy atom.